The number of nitrogens with zero attached hydrogens (tertiary/aromatic N) is 2. The average molecular weight is 341 g/mol. The first-order valence-electron chi connectivity index (χ1n) is 8.23. The second-order valence-electron chi connectivity index (χ2n) is 6.15. The zero-order valence-electron chi connectivity index (χ0n) is 14.8. The minimum absolute atomic E-state index is 0.367. The van der Waals surface area contributed by atoms with E-state index in [1.54, 1.807) is 18.4 Å². The summed E-state index contributed by atoms with van der Waals surface area (Å²) in [6, 6.07) is 6.64. The van der Waals surface area contributed by atoms with E-state index in [4.69, 9.17) is 9.72 Å². The number of pyridine rings is 1. The highest BCUT2D eigenvalue weighted by Crippen LogP contribution is 2.32. The zero-order valence-corrected chi connectivity index (χ0v) is 15.6. The fraction of sp³-hybridized carbons (Fsp3) is 0.368. The summed E-state index contributed by atoms with van der Waals surface area (Å²) >= 11 is 1.62. The minimum atomic E-state index is 0.367. The Kier molecular flexibility index (Phi) is 4.71. The number of aromatic nitrogens is 2. The van der Waals surface area contributed by atoms with Crippen molar-refractivity contribution in [1.29, 1.82) is 0 Å². The lowest BCUT2D eigenvalue weighted by Gasteiger charge is -2.12. The first-order chi connectivity index (χ1) is 11.5. The second-order valence-corrected chi connectivity index (χ2v) is 7.00. The highest BCUT2D eigenvalue weighted by Gasteiger charge is 2.13. The first kappa shape index (κ1) is 16.7. The molecule has 0 fully saturated rings. The third-order valence-corrected chi connectivity index (χ3v) is 4.82. The van der Waals surface area contributed by atoms with E-state index < -0.39 is 0 Å². The van der Waals surface area contributed by atoms with E-state index in [9.17, 15) is 0 Å². The number of anilines is 1. The Labute approximate surface area is 146 Å². The Morgan fingerprint density at radius 3 is 2.67 bits per heavy atom. The fourth-order valence-electron chi connectivity index (χ4n) is 2.83. The molecule has 0 unspecified atom stereocenters. The van der Waals surface area contributed by atoms with Gasteiger partial charge in [-0.2, -0.15) is 0 Å². The largest absolute Gasteiger partial charge is 0.496 e. The van der Waals surface area contributed by atoms with E-state index in [0.717, 1.165) is 39.8 Å². The van der Waals surface area contributed by atoms with Gasteiger partial charge in [0.25, 0.3) is 0 Å². The molecule has 3 aromatic rings. The van der Waals surface area contributed by atoms with Gasteiger partial charge in [0.2, 0.25) is 0 Å². The molecule has 0 radical (unpaired) electrons. The molecule has 1 aromatic carbocycles. The van der Waals surface area contributed by atoms with Crippen LogP contribution < -0.4 is 10.1 Å². The van der Waals surface area contributed by atoms with Gasteiger partial charge in [-0.3, -0.25) is 0 Å². The molecule has 2 aromatic heterocycles. The maximum Gasteiger partial charge on any atom is 0.183 e. The topological polar surface area (TPSA) is 47.0 Å². The number of fused-ring (bicyclic) bond motifs is 1. The lowest BCUT2D eigenvalue weighted by Crippen LogP contribution is -2.09. The van der Waals surface area contributed by atoms with Crippen LogP contribution in [0.2, 0.25) is 0 Å². The fourth-order valence-corrected chi connectivity index (χ4v) is 3.68. The Hall–Kier alpha value is -2.14. The smallest absolute Gasteiger partial charge is 0.183 e. The summed E-state index contributed by atoms with van der Waals surface area (Å²) in [5, 5.41) is 7.54. The van der Waals surface area contributed by atoms with Gasteiger partial charge in [-0.15, -0.1) is 11.3 Å². The summed E-state index contributed by atoms with van der Waals surface area (Å²) in [5.41, 5.74) is 5.19. The van der Waals surface area contributed by atoms with Crippen molar-refractivity contribution >= 4 is 27.4 Å². The van der Waals surface area contributed by atoms with Crippen molar-refractivity contribution in [3.8, 4) is 17.1 Å². The lowest BCUT2D eigenvalue weighted by atomic mass is 10.0. The number of ether oxygens (including phenoxy) is 1. The van der Waals surface area contributed by atoms with E-state index in [2.05, 4.69) is 55.5 Å². The summed E-state index contributed by atoms with van der Waals surface area (Å²) < 4.78 is 5.46. The normalized spacial score (nSPS) is 11.2. The number of benzene rings is 1. The van der Waals surface area contributed by atoms with Crippen molar-refractivity contribution in [2.75, 3.05) is 12.4 Å². The van der Waals surface area contributed by atoms with Crippen molar-refractivity contribution in [3.05, 3.63) is 34.7 Å². The van der Waals surface area contributed by atoms with Crippen LogP contribution in [0.3, 0.4) is 0 Å². The number of rotatable bonds is 5. The first-order valence-corrected chi connectivity index (χ1v) is 9.11. The standard InChI is InChI=1S/C19H23N3OS/c1-6-13-9-15(16-10-24-19(22-16)20-11(2)3)21-18-12(4)17(23-5)8-7-14(13)18/h7-11H,6H2,1-5H3,(H,20,22). The number of thiazole rings is 1. The van der Waals surface area contributed by atoms with Gasteiger partial charge in [0.15, 0.2) is 5.13 Å². The molecule has 0 amide bonds. The molecular formula is C19H23N3OS. The molecular weight excluding hydrogens is 318 g/mol. The Bertz CT molecular complexity index is 870. The van der Waals surface area contributed by atoms with Gasteiger partial charge in [0, 0.05) is 22.4 Å². The van der Waals surface area contributed by atoms with Crippen LogP contribution in [-0.2, 0) is 6.42 Å². The molecule has 0 saturated carbocycles. The predicted molar refractivity (Wildman–Crippen MR) is 102 cm³/mol. The molecule has 1 N–H and O–H groups in total. The zero-order chi connectivity index (χ0) is 17.3. The molecule has 5 heteroatoms. The number of aryl methyl sites for hydroxylation is 2. The van der Waals surface area contributed by atoms with Crippen molar-refractivity contribution in [3.63, 3.8) is 0 Å². The molecule has 0 aliphatic rings. The third-order valence-electron chi connectivity index (χ3n) is 4.05. The molecule has 0 atom stereocenters. The molecule has 24 heavy (non-hydrogen) atoms. The molecule has 2 heterocycles. The number of methoxy groups -OCH3 is 1. The molecule has 0 aliphatic heterocycles. The average Bonchev–Trinajstić information content (AvgIpc) is 3.02. The molecule has 0 bridgehead atoms. The van der Waals surface area contributed by atoms with Crippen molar-refractivity contribution in [2.24, 2.45) is 0 Å². The van der Waals surface area contributed by atoms with Gasteiger partial charge in [-0.1, -0.05) is 6.92 Å². The highest BCUT2D eigenvalue weighted by molar-refractivity contribution is 7.14. The molecule has 0 saturated heterocycles. The maximum absolute atomic E-state index is 5.46. The van der Waals surface area contributed by atoms with Gasteiger partial charge in [-0.25, -0.2) is 9.97 Å². The monoisotopic (exact) mass is 341 g/mol. The van der Waals surface area contributed by atoms with Gasteiger partial charge < -0.3 is 10.1 Å². The molecule has 0 aliphatic carbocycles. The number of nitrogens with one attached hydrogen (secondary N) is 1. The van der Waals surface area contributed by atoms with Gasteiger partial charge in [0.1, 0.15) is 11.4 Å². The van der Waals surface area contributed by atoms with E-state index in [1.807, 2.05) is 6.07 Å². The minimum Gasteiger partial charge on any atom is -0.496 e. The van der Waals surface area contributed by atoms with Crippen LogP contribution >= 0.6 is 11.3 Å². The van der Waals surface area contributed by atoms with Crippen molar-refractivity contribution < 1.29 is 4.74 Å². The quantitative estimate of drug-likeness (QED) is 0.705. The predicted octanol–water partition coefficient (Wildman–Crippen LogP) is 5.06. The van der Waals surface area contributed by atoms with Gasteiger partial charge in [-0.05, 0) is 51.0 Å². The number of hydrogen-bond donors (Lipinski definition) is 1. The maximum atomic E-state index is 5.46. The number of hydrogen-bond acceptors (Lipinski definition) is 5. The van der Waals surface area contributed by atoms with Crippen LogP contribution in [0, 0.1) is 6.92 Å². The van der Waals surface area contributed by atoms with Crippen molar-refractivity contribution in [2.45, 2.75) is 40.2 Å². The van der Waals surface area contributed by atoms with Gasteiger partial charge in [0.05, 0.1) is 18.3 Å². The van der Waals surface area contributed by atoms with E-state index in [1.165, 1.54) is 10.9 Å². The van der Waals surface area contributed by atoms with E-state index in [-0.39, 0.29) is 0 Å². The summed E-state index contributed by atoms with van der Waals surface area (Å²) in [7, 11) is 1.70. The van der Waals surface area contributed by atoms with E-state index >= 15 is 0 Å². The third kappa shape index (κ3) is 3.08. The Morgan fingerprint density at radius 2 is 2.00 bits per heavy atom. The van der Waals surface area contributed by atoms with Crippen LogP contribution in [-0.4, -0.2) is 23.1 Å². The summed E-state index contributed by atoms with van der Waals surface area (Å²) in [4.78, 5) is 9.58. The van der Waals surface area contributed by atoms with Crippen LogP contribution in [0.15, 0.2) is 23.6 Å². The molecule has 3 rings (SSSR count). The Balaban J connectivity index is 2.14. The van der Waals surface area contributed by atoms with Crippen LogP contribution in [0.4, 0.5) is 5.13 Å². The molecule has 126 valence electrons. The Morgan fingerprint density at radius 1 is 1.21 bits per heavy atom. The SMILES string of the molecule is CCc1cc(-c2csc(NC(C)C)n2)nc2c(C)c(OC)ccc12. The van der Waals surface area contributed by atoms with Crippen LogP contribution in [0.1, 0.15) is 31.9 Å². The van der Waals surface area contributed by atoms with Gasteiger partial charge >= 0.3 is 0 Å². The molecule has 0 spiro atoms. The van der Waals surface area contributed by atoms with E-state index in [0.29, 0.717) is 6.04 Å². The summed E-state index contributed by atoms with van der Waals surface area (Å²) in [5.74, 6) is 0.870. The second kappa shape index (κ2) is 6.77. The van der Waals surface area contributed by atoms with Crippen LogP contribution in [0.25, 0.3) is 22.3 Å². The highest BCUT2D eigenvalue weighted by atomic mass is 32.1. The summed E-state index contributed by atoms with van der Waals surface area (Å²) in [6.07, 6.45) is 0.957. The van der Waals surface area contributed by atoms with Crippen molar-refractivity contribution in [1.82, 2.24) is 9.97 Å². The summed E-state index contributed by atoms with van der Waals surface area (Å²) in [6.45, 7) is 8.45. The lowest BCUT2D eigenvalue weighted by molar-refractivity contribution is 0.412. The van der Waals surface area contributed by atoms with Crippen LogP contribution in [0.5, 0.6) is 5.75 Å². The molecule has 4 nitrogen and oxygen atoms in total.